The molecule has 5 heteroatoms. The number of sulfone groups is 1. The van der Waals surface area contributed by atoms with Crippen molar-refractivity contribution in [1.82, 2.24) is 4.90 Å². The number of hydrogen-bond donors (Lipinski definition) is 1. The third kappa shape index (κ3) is 4.49. The fraction of sp³-hybridized carbons (Fsp3) is 1.00. The number of aliphatic hydroxyl groups is 1. The summed E-state index contributed by atoms with van der Waals surface area (Å²) in [6.07, 6.45) is 1.37. The van der Waals surface area contributed by atoms with Gasteiger partial charge in [-0.05, 0) is 26.3 Å². The van der Waals surface area contributed by atoms with Gasteiger partial charge in [0.25, 0.3) is 0 Å². The van der Waals surface area contributed by atoms with Crippen LogP contribution in [0.2, 0.25) is 0 Å². The molecule has 0 aliphatic carbocycles. The zero-order valence-electron chi connectivity index (χ0n) is 9.57. The minimum Gasteiger partial charge on any atom is -0.389 e. The van der Waals surface area contributed by atoms with Crippen LogP contribution in [-0.2, 0) is 9.84 Å². The molecule has 0 aromatic heterocycles. The van der Waals surface area contributed by atoms with E-state index < -0.39 is 15.4 Å². The van der Waals surface area contributed by atoms with Gasteiger partial charge in [0.1, 0.15) is 0 Å². The first-order chi connectivity index (χ1) is 6.85. The number of rotatable bonds is 3. The molecule has 1 heterocycles. The molecule has 1 unspecified atom stereocenters. The SMILES string of the molecule is CCC(C)(O)CN1CCCS(=O)(=O)CC1. The lowest BCUT2D eigenvalue weighted by Crippen LogP contribution is -2.41. The Morgan fingerprint density at radius 2 is 2.00 bits per heavy atom. The smallest absolute Gasteiger partial charge is 0.151 e. The fourth-order valence-corrected chi connectivity index (χ4v) is 3.05. The van der Waals surface area contributed by atoms with Gasteiger partial charge in [-0.1, -0.05) is 6.92 Å². The first-order valence-electron chi connectivity index (χ1n) is 5.50. The Morgan fingerprint density at radius 1 is 1.33 bits per heavy atom. The largest absolute Gasteiger partial charge is 0.389 e. The highest BCUT2D eigenvalue weighted by Crippen LogP contribution is 2.13. The first kappa shape index (κ1) is 12.9. The topological polar surface area (TPSA) is 57.6 Å². The van der Waals surface area contributed by atoms with Crippen LogP contribution in [0, 0.1) is 0 Å². The van der Waals surface area contributed by atoms with Crippen LogP contribution in [0.1, 0.15) is 26.7 Å². The Labute approximate surface area is 92.2 Å². The third-order valence-corrected chi connectivity index (χ3v) is 4.69. The van der Waals surface area contributed by atoms with Crippen LogP contribution >= 0.6 is 0 Å². The Kier molecular flexibility index (Phi) is 4.14. The molecule has 0 amide bonds. The second-order valence-electron chi connectivity index (χ2n) is 4.63. The van der Waals surface area contributed by atoms with Crippen LogP contribution in [-0.4, -0.2) is 55.2 Å². The number of β-amino-alcohol motifs (C(OH)–C–C–N with tert-alkyl or cyclic N) is 1. The minimum absolute atomic E-state index is 0.229. The van der Waals surface area contributed by atoms with Gasteiger partial charge in [-0.2, -0.15) is 0 Å². The summed E-state index contributed by atoms with van der Waals surface area (Å²) in [5, 5.41) is 9.91. The average molecular weight is 235 g/mol. The van der Waals surface area contributed by atoms with E-state index in [0.29, 0.717) is 25.9 Å². The standard InChI is InChI=1S/C10H21NO3S/c1-3-10(2,12)9-11-5-4-7-15(13,14)8-6-11/h12H,3-9H2,1-2H3. The molecule has 1 rings (SSSR count). The van der Waals surface area contributed by atoms with E-state index in [4.69, 9.17) is 0 Å². The van der Waals surface area contributed by atoms with Crippen LogP contribution in [0.25, 0.3) is 0 Å². The highest BCUT2D eigenvalue weighted by atomic mass is 32.2. The Hall–Kier alpha value is -0.130. The summed E-state index contributed by atoms with van der Waals surface area (Å²) in [7, 11) is -2.84. The van der Waals surface area contributed by atoms with Crippen LogP contribution in [0.4, 0.5) is 0 Å². The molecule has 1 saturated heterocycles. The normalized spacial score (nSPS) is 26.9. The molecule has 0 spiro atoms. The molecule has 1 aliphatic heterocycles. The zero-order valence-corrected chi connectivity index (χ0v) is 10.4. The first-order valence-corrected chi connectivity index (χ1v) is 7.32. The zero-order chi connectivity index (χ0) is 11.5. The molecule has 0 aromatic carbocycles. The maximum Gasteiger partial charge on any atom is 0.151 e. The quantitative estimate of drug-likeness (QED) is 0.763. The van der Waals surface area contributed by atoms with Crippen molar-refractivity contribution in [3.63, 3.8) is 0 Å². The van der Waals surface area contributed by atoms with Crippen molar-refractivity contribution in [2.75, 3.05) is 31.1 Å². The van der Waals surface area contributed by atoms with E-state index in [-0.39, 0.29) is 11.5 Å². The van der Waals surface area contributed by atoms with Crippen molar-refractivity contribution in [3.05, 3.63) is 0 Å². The van der Waals surface area contributed by atoms with Crippen LogP contribution < -0.4 is 0 Å². The van der Waals surface area contributed by atoms with E-state index in [1.54, 1.807) is 6.92 Å². The second-order valence-corrected chi connectivity index (χ2v) is 6.94. The van der Waals surface area contributed by atoms with E-state index in [1.807, 2.05) is 11.8 Å². The van der Waals surface area contributed by atoms with Gasteiger partial charge in [-0.25, -0.2) is 8.42 Å². The lowest BCUT2D eigenvalue weighted by atomic mass is 10.0. The molecular formula is C10H21NO3S. The summed E-state index contributed by atoms with van der Waals surface area (Å²) < 4.78 is 22.7. The Morgan fingerprint density at radius 3 is 2.60 bits per heavy atom. The van der Waals surface area contributed by atoms with E-state index in [9.17, 15) is 13.5 Å². The van der Waals surface area contributed by atoms with Crippen LogP contribution in [0.3, 0.4) is 0 Å². The van der Waals surface area contributed by atoms with E-state index in [0.717, 1.165) is 6.54 Å². The Bertz CT molecular complexity index is 298. The van der Waals surface area contributed by atoms with Gasteiger partial charge in [-0.15, -0.1) is 0 Å². The average Bonchev–Trinajstić information content (AvgIpc) is 2.28. The van der Waals surface area contributed by atoms with Crippen molar-refractivity contribution in [2.24, 2.45) is 0 Å². The van der Waals surface area contributed by atoms with Crippen LogP contribution in [0.15, 0.2) is 0 Å². The third-order valence-electron chi connectivity index (χ3n) is 2.97. The molecule has 0 radical (unpaired) electrons. The van der Waals surface area contributed by atoms with E-state index in [1.165, 1.54) is 0 Å². The lowest BCUT2D eigenvalue weighted by molar-refractivity contribution is 0.0185. The molecule has 0 bridgehead atoms. The van der Waals surface area contributed by atoms with Gasteiger partial charge in [0.15, 0.2) is 9.84 Å². The summed E-state index contributed by atoms with van der Waals surface area (Å²) in [5.74, 6) is 0.518. The van der Waals surface area contributed by atoms with E-state index in [2.05, 4.69) is 0 Å². The van der Waals surface area contributed by atoms with Crippen LogP contribution in [0.5, 0.6) is 0 Å². The predicted molar refractivity (Wildman–Crippen MR) is 60.6 cm³/mol. The van der Waals surface area contributed by atoms with Crippen molar-refractivity contribution in [2.45, 2.75) is 32.3 Å². The van der Waals surface area contributed by atoms with Crippen molar-refractivity contribution in [3.8, 4) is 0 Å². The van der Waals surface area contributed by atoms with Gasteiger partial charge in [0.2, 0.25) is 0 Å². The van der Waals surface area contributed by atoms with Gasteiger partial charge in [0, 0.05) is 13.1 Å². The molecule has 0 saturated carbocycles. The molecule has 90 valence electrons. The van der Waals surface area contributed by atoms with Gasteiger partial charge in [-0.3, -0.25) is 4.90 Å². The maximum absolute atomic E-state index is 11.4. The van der Waals surface area contributed by atoms with Gasteiger partial charge < -0.3 is 5.11 Å². The second kappa shape index (κ2) is 4.80. The number of nitrogens with zero attached hydrogens (tertiary/aromatic N) is 1. The van der Waals surface area contributed by atoms with Crippen molar-refractivity contribution < 1.29 is 13.5 Å². The molecule has 4 nitrogen and oxygen atoms in total. The molecule has 15 heavy (non-hydrogen) atoms. The molecule has 1 aliphatic rings. The monoisotopic (exact) mass is 235 g/mol. The van der Waals surface area contributed by atoms with E-state index >= 15 is 0 Å². The number of hydrogen-bond acceptors (Lipinski definition) is 4. The summed E-state index contributed by atoms with van der Waals surface area (Å²) in [4.78, 5) is 2.05. The van der Waals surface area contributed by atoms with Crippen molar-refractivity contribution in [1.29, 1.82) is 0 Å². The lowest BCUT2D eigenvalue weighted by Gasteiger charge is -2.29. The highest BCUT2D eigenvalue weighted by Gasteiger charge is 2.25. The molecule has 0 aromatic rings. The summed E-state index contributed by atoms with van der Waals surface area (Å²) >= 11 is 0. The molecule has 1 atom stereocenters. The summed E-state index contributed by atoms with van der Waals surface area (Å²) in [6, 6.07) is 0. The molecule has 1 fully saturated rings. The Balaban J connectivity index is 2.52. The highest BCUT2D eigenvalue weighted by molar-refractivity contribution is 7.91. The summed E-state index contributed by atoms with van der Waals surface area (Å²) in [6.45, 7) is 5.63. The maximum atomic E-state index is 11.4. The fourth-order valence-electron chi connectivity index (χ4n) is 1.74. The van der Waals surface area contributed by atoms with Crippen molar-refractivity contribution >= 4 is 9.84 Å². The van der Waals surface area contributed by atoms with Gasteiger partial charge in [0.05, 0.1) is 17.1 Å². The molecular weight excluding hydrogens is 214 g/mol. The molecule has 1 N–H and O–H groups in total. The minimum atomic E-state index is -2.84. The van der Waals surface area contributed by atoms with Gasteiger partial charge >= 0.3 is 0 Å². The summed E-state index contributed by atoms with van der Waals surface area (Å²) in [5.41, 5.74) is -0.700. The predicted octanol–water partition coefficient (Wildman–Crippen LogP) is 0.268.